The minimum atomic E-state index is -0.497. The molecule has 6 nitrogen and oxygen atoms in total. The number of nitrogens with zero attached hydrogens (tertiary/aromatic N) is 2. The van der Waals surface area contributed by atoms with Crippen LogP contribution in [0.25, 0.3) is 0 Å². The van der Waals surface area contributed by atoms with Crippen molar-refractivity contribution in [2.75, 3.05) is 33.9 Å². The Labute approximate surface area is 198 Å². The van der Waals surface area contributed by atoms with Gasteiger partial charge in [0.1, 0.15) is 5.82 Å². The topological polar surface area (TPSA) is 59.1 Å². The first-order chi connectivity index (χ1) is 13.3. The Morgan fingerprint density at radius 1 is 1.29 bits per heavy atom. The fourth-order valence-corrected chi connectivity index (χ4v) is 4.21. The number of hydrogen-bond donors (Lipinski definition) is 0. The van der Waals surface area contributed by atoms with Crippen LogP contribution in [0.15, 0.2) is 24.3 Å². The molecule has 9 heteroatoms. The molecule has 1 aliphatic rings. The first kappa shape index (κ1) is 25.7. The van der Waals surface area contributed by atoms with Gasteiger partial charge in [0.25, 0.3) is 0 Å². The summed E-state index contributed by atoms with van der Waals surface area (Å²) in [5.74, 6) is 0.0542. The van der Waals surface area contributed by atoms with Crippen LogP contribution in [0.1, 0.15) is 20.3 Å². The first-order valence-corrected chi connectivity index (χ1v) is 13.7. The van der Waals surface area contributed by atoms with E-state index in [4.69, 9.17) is 9.47 Å². The average molecular weight is 781 g/mol. The van der Waals surface area contributed by atoms with Crippen molar-refractivity contribution in [1.29, 1.82) is 0 Å². The number of carbonyl (C=O) groups is 2. The third-order valence-electron chi connectivity index (χ3n) is 4.43. The van der Waals surface area contributed by atoms with Crippen LogP contribution in [0.2, 0.25) is 1.04 Å². The number of likely N-dealkylation sites (tertiary alicyclic amines) is 1. The summed E-state index contributed by atoms with van der Waals surface area (Å²) in [6.07, 6.45) is 0.571. The summed E-state index contributed by atoms with van der Waals surface area (Å²) in [6, 6.07) is 5.49. The SMILES string of the molecule is CC.COC(=O)C1CC(N(C)CCOc2ccc(F)cc2)CN1C(=O)[CH]([Pb])[Pb]. The normalized spacial score (nSPS) is 18.7. The van der Waals surface area contributed by atoms with Crippen LogP contribution in [-0.2, 0) is 14.3 Å². The molecular weight excluding hydrogens is 754 g/mol. The van der Waals surface area contributed by atoms with Crippen LogP contribution in [0.4, 0.5) is 4.39 Å². The molecule has 1 aromatic rings. The molecule has 6 radical (unpaired) electrons. The maximum absolute atomic E-state index is 12.9. The molecule has 0 spiro atoms. The molecule has 0 bridgehead atoms. The van der Waals surface area contributed by atoms with E-state index in [0.717, 1.165) is 51.5 Å². The monoisotopic (exact) mass is 782 g/mol. The molecule has 1 amide bonds. The minimum absolute atomic E-state index is 0.0807. The molecule has 28 heavy (non-hydrogen) atoms. The van der Waals surface area contributed by atoms with E-state index in [0.29, 0.717) is 31.9 Å². The Bertz CT molecular complexity index is 631. The van der Waals surface area contributed by atoms with Crippen molar-refractivity contribution >= 4 is 63.4 Å². The molecule has 1 aromatic carbocycles. The fourth-order valence-electron chi connectivity index (χ4n) is 2.92. The van der Waals surface area contributed by atoms with E-state index in [2.05, 4.69) is 4.90 Å². The van der Waals surface area contributed by atoms with Crippen LogP contribution in [-0.4, -0.2) is 119 Å². The summed E-state index contributed by atoms with van der Waals surface area (Å²) < 4.78 is 23.5. The van der Waals surface area contributed by atoms with E-state index < -0.39 is 6.04 Å². The van der Waals surface area contributed by atoms with Crippen LogP contribution in [0.3, 0.4) is 0 Å². The molecule has 152 valence electrons. The van der Waals surface area contributed by atoms with Gasteiger partial charge in [-0.1, -0.05) is 13.8 Å². The van der Waals surface area contributed by atoms with Gasteiger partial charge >= 0.3 is 176 Å². The van der Waals surface area contributed by atoms with Crippen molar-refractivity contribution in [1.82, 2.24) is 9.80 Å². The molecule has 2 atom stereocenters. The summed E-state index contributed by atoms with van der Waals surface area (Å²) in [4.78, 5) is 28.4. The average Bonchev–Trinajstić information content (AvgIpc) is 3.15. The van der Waals surface area contributed by atoms with Gasteiger partial charge in [-0.05, 0) is 0 Å². The van der Waals surface area contributed by atoms with Crippen LogP contribution >= 0.6 is 0 Å². The third kappa shape index (κ3) is 7.50. The molecule has 1 saturated heterocycles. The summed E-state index contributed by atoms with van der Waals surface area (Å²) in [5, 5.41) is 0. The van der Waals surface area contributed by atoms with E-state index >= 15 is 0 Å². The van der Waals surface area contributed by atoms with Crippen LogP contribution in [0, 0.1) is 5.82 Å². The second-order valence-electron chi connectivity index (χ2n) is 6.14. The summed E-state index contributed by atoms with van der Waals surface area (Å²) in [7, 11) is 3.32. The quantitative estimate of drug-likeness (QED) is 0.310. The number of hydrogen-bond acceptors (Lipinski definition) is 5. The Morgan fingerprint density at radius 2 is 1.89 bits per heavy atom. The zero-order chi connectivity index (χ0) is 21.3. The van der Waals surface area contributed by atoms with E-state index in [1.54, 1.807) is 17.0 Å². The molecule has 0 aromatic heterocycles. The number of rotatable bonds is 7. The fraction of sp³-hybridized carbons (Fsp3) is 0.579. The molecule has 0 N–H and O–H groups in total. The summed E-state index contributed by atoms with van der Waals surface area (Å²) in [5.41, 5.74) is 0. The Hall–Kier alpha value is -0.306. The Morgan fingerprint density at radius 3 is 2.43 bits per heavy atom. The predicted octanol–water partition coefficient (Wildman–Crippen LogP) is 1.39. The van der Waals surface area contributed by atoms with Gasteiger partial charge in [-0.25, -0.2) is 4.39 Å². The van der Waals surface area contributed by atoms with Crippen molar-refractivity contribution in [3.05, 3.63) is 30.1 Å². The Balaban J connectivity index is 0.00000190. The van der Waals surface area contributed by atoms with Crippen molar-refractivity contribution in [2.24, 2.45) is 0 Å². The number of carbonyl (C=O) groups excluding carboxylic acids is 2. The standard InChI is InChI=1S/C17H21FN2O4.C2H6.2Pb/c1-12(21)20-11-14(10-16(20)17(22)23-3)19(2)8-9-24-15-6-4-13(18)5-7-15;1-2;;/h1,4-7,14,16H,8-11H2,2-3H3;1-2H3;;. The molecule has 1 aliphatic heterocycles. The third-order valence-corrected chi connectivity index (χ3v) is 6.35. The molecule has 0 aliphatic carbocycles. The zero-order valence-corrected chi connectivity index (χ0v) is 24.6. The van der Waals surface area contributed by atoms with Crippen molar-refractivity contribution in [3.8, 4) is 5.75 Å². The summed E-state index contributed by atoms with van der Waals surface area (Å²) in [6.45, 7) is 5.62. The number of halogens is 1. The zero-order valence-electron chi connectivity index (χ0n) is 16.8. The second-order valence-corrected chi connectivity index (χ2v) is 19.3. The Kier molecular flexibility index (Phi) is 12.0. The number of amides is 1. The predicted molar refractivity (Wildman–Crippen MR) is 107 cm³/mol. The van der Waals surface area contributed by atoms with Gasteiger partial charge in [-0.2, -0.15) is 0 Å². The number of methoxy groups -OCH3 is 1. The van der Waals surface area contributed by atoms with Gasteiger partial charge < -0.3 is 0 Å². The van der Waals surface area contributed by atoms with Gasteiger partial charge in [0.15, 0.2) is 0 Å². The van der Waals surface area contributed by atoms with Gasteiger partial charge in [-0.3, -0.25) is 0 Å². The number of benzene rings is 1. The van der Waals surface area contributed by atoms with Crippen LogP contribution < -0.4 is 4.74 Å². The van der Waals surface area contributed by atoms with Gasteiger partial charge in [-0.15, -0.1) is 0 Å². The first-order valence-electron chi connectivity index (χ1n) is 9.22. The van der Waals surface area contributed by atoms with Crippen molar-refractivity contribution < 1.29 is 23.5 Å². The van der Waals surface area contributed by atoms with Crippen molar-refractivity contribution in [3.63, 3.8) is 0 Å². The van der Waals surface area contributed by atoms with E-state index in [9.17, 15) is 14.0 Å². The van der Waals surface area contributed by atoms with Gasteiger partial charge in [0.2, 0.25) is 0 Å². The molecule has 1 heterocycles. The number of likely N-dealkylation sites (N-methyl/N-ethyl adjacent to an activating group) is 1. The molecule has 1 fully saturated rings. The van der Waals surface area contributed by atoms with E-state index in [1.165, 1.54) is 19.2 Å². The van der Waals surface area contributed by atoms with Crippen LogP contribution in [0.5, 0.6) is 5.75 Å². The molecule has 0 saturated carbocycles. The maximum atomic E-state index is 12.9. The van der Waals surface area contributed by atoms with E-state index in [-0.39, 0.29) is 24.8 Å². The summed E-state index contributed by atoms with van der Waals surface area (Å²) >= 11 is 1.62. The number of esters is 1. The number of ether oxygens (including phenoxy) is 2. The second kappa shape index (κ2) is 13.1. The van der Waals surface area contributed by atoms with E-state index in [1.807, 2.05) is 20.9 Å². The molecule has 2 rings (SSSR count). The van der Waals surface area contributed by atoms with Gasteiger partial charge in [0, 0.05) is 0 Å². The molecular formula is C19H27FN2O4Pb2. The molecule has 2 unspecified atom stereocenters. The van der Waals surface area contributed by atoms with Gasteiger partial charge in [0.05, 0.1) is 0 Å². The van der Waals surface area contributed by atoms with Crippen molar-refractivity contribution in [2.45, 2.75) is 33.4 Å².